The van der Waals surface area contributed by atoms with Gasteiger partial charge < -0.3 is 14.6 Å². The minimum atomic E-state index is -0.495. The molecule has 25 heavy (non-hydrogen) atoms. The summed E-state index contributed by atoms with van der Waals surface area (Å²) in [7, 11) is 3.04. The van der Waals surface area contributed by atoms with Gasteiger partial charge in [0.05, 0.1) is 14.2 Å². The number of nitrogens with zero attached hydrogens (tertiary/aromatic N) is 4. The molecule has 0 aliphatic rings. The number of hydrogen-bond donors (Lipinski definition) is 1. The van der Waals surface area contributed by atoms with Crippen LogP contribution in [0.1, 0.15) is 13.8 Å². The molecule has 0 aliphatic carbocycles. The first-order valence-electron chi connectivity index (χ1n) is 7.68. The number of methoxy groups -OCH3 is 2. The molecule has 0 atom stereocenters. The number of azo groups is 1. The van der Waals surface area contributed by atoms with E-state index in [1.54, 1.807) is 32.2 Å². The van der Waals surface area contributed by atoms with Crippen molar-refractivity contribution in [2.45, 2.75) is 26.9 Å². The molecular formula is C16H20N4O4S. The monoisotopic (exact) mass is 364 g/mol. The summed E-state index contributed by atoms with van der Waals surface area (Å²) in [6.07, 6.45) is 0. The summed E-state index contributed by atoms with van der Waals surface area (Å²) in [5.74, 6) is 0.728. The molecular weight excluding hydrogens is 344 g/mol. The Balaban J connectivity index is 2.59. The number of hydrogen-bond acceptors (Lipinski definition) is 7. The molecule has 1 heterocycles. The molecule has 8 nitrogen and oxygen atoms in total. The van der Waals surface area contributed by atoms with E-state index in [2.05, 4.69) is 10.2 Å². The molecule has 0 fully saturated rings. The Morgan fingerprint density at radius 2 is 1.80 bits per heavy atom. The minimum absolute atomic E-state index is 0.171. The standard InChI is InChI=1S/C16H20N4O4S/c1-5-19-14(21)13(15(22)20(6-2)16(19)25)18-17-11-8-7-10(23-3)9-12(11)24-4/h7-9,21H,5-6H2,1-4H3. The predicted octanol–water partition coefficient (Wildman–Crippen LogP) is 3.56. The molecule has 0 spiro atoms. The van der Waals surface area contributed by atoms with Crippen LogP contribution in [0.25, 0.3) is 0 Å². The van der Waals surface area contributed by atoms with Crippen molar-refractivity contribution >= 4 is 23.6 Å². The van der Waals surface area contributed by atoms with Crippen molar-refractivity contribution in [1.82, 2.24) is 9.13 Å². The number of rotatable bonds is 6. The predicted molar refractivity (Wildman–Crippen MR) is 96.3 cm³/mol. The molecule has 1 N–H and O–H groups in total. The van der Waals surface area contributed by atoms with Crippen LogP contribution in [0.3, 0.4) is 0 Å². The number of aromatic hydroxyl groups is 1. The van der Waals surface area contributed by atoms with E-state index in [1.807, 2.05) is 6.92 Å². The topological polar surface area (TPSA) is 90.3 Å². The van der Waals surface area contributed by atoms with Crippen LogP contribution in [0.2, 0.25) is 0 Å². The lowest BCUT2D eigenvalue weighted by Crippen LogP contribution is -2.24. The van der Waals surface area contributed by atoms with Crippen LogP contribution >= 0.6 is 12.2 Å². The van der Waals surface area contributed by atoms with Crippen molar-refractivity contribution in [1.29, 1.82) is 0 Å². The summed E-state index contributed by atoms with van der Waals surface area (Å²) in [4.78, 5) is 12.5. The molecule has 0 radical (unpaired) electrons. The summed E-state index contributed by atoms with van der Waals surface area (Å²) in [6.45, 7) is 4.38. The molecule has 9 heteroatoms. The van der Waals surface area contributed by atoms with E-state index < -0.39 is 5.56 Å². The van der Waals surface area contributed by atoms with Gasteiger partial charge in [0.2, 0.25) is 11.6 Å². The summed E-state index contributed by atoms with van der Waals surface area (Å²) >= 11 is 5.23. The van der Waals surface area contributed by atoms with Crippen molar-refractivity contribution in [3.8, 4) is 17.4 Å². The zero-order valence-corrected chi connectivity index (χ0v) is 15.3. The largest absolute Gasteiger partial charge is 0.497 e. The van der Waals surface area contributed by atoms with Gasteiger partial charge in [-0.25, -0.2) is 0 Å². The van der Waals surface area contributed by atoms with Gasteiger partial charge in [-0.3, -0.25) is 13.9 Å². The number of ether oxygens (including phenoxy) is 2. The Morgan fingerprint density at radius 3 is 2.36 bits per heavy atom. The second kappa shape index (κ2) is 7.93. The highest BCUT2D eigenvalue weighted by atomic mass is 32.1. The molecule has 2 rings (SSSR count). The Hall–Kier alpha value is -2.68. The molecule has 0 saturated carbocycles. The number of benzene rings is 1. The van der Waals surface area contributed by atoms with Gasteiger partial charge in [-0.15, -0.1) is 10.2 Å². The second-order valence-electron chi connectivity index (χ2n) is 4.99. The summed E-state index contributed by atoms with van der Waals surface area (Å²) in [5.41, 5.74) is -0.267. The van der Waals surface area contributed by atoms with Crippen LogP contribution in [0, 0.1) is 4.77 Å². The van der Waals surface area contributed by atoms with Crippen LogP contribution in [-0.4, -0.2) is 28.5 Å². The number of aromatic nitrogens is 2. The lowest BCUT2D eigenvalue weighted by molar-refractivity contribution is 0.394. The molecule has 0 saturated heterocycles. The Bertz CT molecular complexity index is 918. The molecule has 0 unspecified atom stereocenters. The fourth-order valence-corrected chi connectivity index (χ4v) is 2.72. The maximum atomic E-state index is 12.5. The van der Waals surface area contributed by atoms with E-state index in [4.69, 9.17) is 21.7 Å². The highest BCUT2D eigenvalue weighted by molar-refractivity contribution is 7.71. The highest BCUT2D eigenvalue weighted by Gasteiger charge is 2.15. The van der Waals surface area contributed by atoms with Crippen LogP contribution in [0.5, 0.6) is 17.4 Å². The molecule has 2 aromatic rings. The van der Waals surface area contributed by atoms with Crippen molar-refractivity contribution in [3.05, 3.63) is 33.3 Å². The minimum Gasteiger partial charge on any atom is -0.497 e. The zero-order chi connectivity index (χ0) is 18.6. The van der Waals surface area contributed by atoms with Crippen molar-refractivity contribution in [2.24, 2.45) is 10.2 Å². The molecule has 1 aromatic carbocycles. The molecule has 0 amide bonds. The smallest absolute Gasteiger partial charge is 0.286 e. The van der Waals surface area contributed by atoms with Crippen LogP contribution < -0.4 is 15.0 Å². The summed E-state index contributed by atoms with van der Waals surface area (Å²) in [6, 6.07) is 4.99. The van der Waals surface area contributed by atoms with Crippen molar-refractivity contribution in [2.75, 3.05) is 14.2 Å². The maximum absolute atomic E-state index is 12.5. The molecule has 0 bridgehead atoms. The average molecular weight is 364 g/mol. The molecule has 1 aromatic heterocycles. The highest BCUT2D eigenvalue weighted by Crippen LogP contribution is 2.33. The van der Waals surface area contributed by atoms with Crippen molar-refractivity contribution in [3.63, 3.8) is 0 Å². The van der Waals surface area contributed by atoms with Gasteiger partial charge in [0, 0.05) is 19.2 Å². The van der Waals surface area contributed by atoms with E-state index in [1.165, 1.54) is 16.2 Å². The quantitative estimate of drug-likeness (QED) is 0.625. The normalized spacial score (nSPS) is 11.0. The van der Waals surface area contributed by atoms with Crippen LogP contribution in [0.15, 0.2) is 33.2 Å². The first-order chi connectivity index (χ1) is 12.0. The van der Waals surface area contributed by atoms with Gasteiger partial charge in [-0.1, -0.05) is 0 Å². The zero-order valence-electron chi connectivity index (χ0n) is 14.5. The third-order valence-corrected chi connectivity index (χ3v) is 4.09. The van der Waals surface area contributed by atoms with E-state index in [-0.39, 0.29) is 16.3 Å². The molecule has 0 aliphatic heterocycles. The first-order valence-corrected chi connectivity index (χ1v) is 8.09. The SMILES string of the molecule is CCn1c(O)c(N=Nc2ccc(OC)cc2OC)c(=O)n(CC)c1=S. The fourth-order valence-electron chi connectivity index (χ4n) is 2.30. The van der Waals surface area contributed by atoms with E-state index >= 15 is 0 Å². The van der Waals surface area contributed by atoms with Gasteiger partial charge in [0.15, 0.2) is 4.77 Å². The Kier molecular flexibility index (Phi) is 5.92. The van der Waals surface area contributed by atoms with E-state index in [9.17, 15) is 9.90 Å². The summed E-state index contributed by atoms with van der Waals surface area (Å²) in [5, 5.41) is 18.3. The van der Waals surface area contributed by atoms with E-state index in [0.717, 1.165) is 0 Å². The summed E-state index contributed by atoms with van der Waals surface area (Å²) < 4.78 is 13.4. The van der Waals surface area contributed by atoms with Crippen LogP contribution in [-0.2, 0) is 13.1 Å². The lowest BCUT2D eigenvalue weighted by Gasteiger charge is -2.12. The first kappa shape index (κ1) is 18.7. The fraction of sp³-hybridized carbons (Fsp3) is 0.375. The molecule has 134 valence electrons. The lowest BCUT2D eigenvalue weighted by atomic mass is 10.3. The van der Waals surface area contributed by atoms with Gasteiger partial charge in [-0.05, 0) is 38.2 Å². The average Bonchev–Trinajstić information content (AvgIpc) is 2.62. The third-order valence-electron chi connectivity index (χ3n) is 3.65. The van der Waals surface area contributed by atoms with Gasteiger partial charge in [-0.2, -0.15) is 0 Å². The maximum Gasteiger partial charge on any atom is 0.286 e. The van der Waals surface area contributed by atoms with Crippen LogP contribution in [0.4, 0.5) is 11.4 Å². The van der Waals surface area contributed by atoms with Gasteiger partial charge >= 0.3 is 0 Å². The Morgan fingerprint density at radius 1 is 1.12 bits per heavy atom. The van der Waals surface area contributed by atoms with Crippen molar-refractivity contribution < 1.29 is 14.6 Å². The van der Waals surface area contributed by atoms with E-state index in [0.29, 0.717) is 30.3 Å². The Labute approximate surface area is 150 Å². The second-order valence-corrected chi connectivity index (χ2v) is 5.35. The van der Waals surface area contributed by atoms with Gasteiger partial charge in [0.25, 0.3) is 5.56 Å². The third kappa shape index (κ3) is 3.55. The van der Waals surface area contributed by atoms with Gasteiger partial charge in [0.1, 0.15) is 17.2 Å².